The van der Waals surface area contributed by atoms with Gasteiger partial charge in [0.15, 0.2) is 5.82 Å². The standard InChI is InChI=1S/C15H10BrClFN3/c16-12-5-4-9(17)7-11(12)14-13(15(19)21-20-14)8-2-1-3-10(18)6-8/h1-7H,(H3,19,20,21). The van der Waals surface area contributed by atoms with E-state index < -0.39 is 0 Å². The molecule has 3 aromatic rings. The first-order chi connectivity index (χ1) is 10.1. The molecule has 6 heteroatoms. The largest absolute Gasteiger partial charge is 0.382 e. The highest BCUT2D eigenvalue weighted by atomic mass is 79.9. The molecular formula is C15H10BrClFN3. The van der Waals surface area contributed by atoms with Gasteiger partial charge in [-0.05, 0) is 35.9 Å². The van der Waals surface area contributed by atoms with Crippen molar-refractivity contribution in [2.75, 3.05) is 5.73 Å². The van der Waals surface area contributed by atoms with Crippen molar-refractivity contribution in [3.05, 3.63) is 57.8 Å². The summed E-state index contributed by atoms with van der Waals surface area (Å²) in [5, 5.41) is 7.52. The Hall–Kier alpha value is -1.85. The average molecular weight is 367 g/mol. The lowest BCUT2D eigenvalue weighted by Gasteiger charge is -2.07. The van der Waals surface area contributed by atoms with Crippen molar-refractivity contribution in [2.24, 2.45) is 0 Å². The highest BCUT2D eigenvalue weighted by molar-refractivity contribution is 9.10. The summed E-state index contributed by atoms with van der Waals surface area (Å²) in [4.78, 5) is 0. The normalized spacial score (nSPS) is 10.8. The molecule has 0 radical (unpaired) electrons. The Morgan fingerprint density at radius 3 is 2.76 bits per heavy atom. The van der Waals surface area contributed by atoms with Crippen LogP contribution in [0.2, 0.25) is 5.02 Å². The van der Waals surface area contributed by atoms with Gasteiger partial charge in [-0.15, -0.1) is 0 Å². The van der Waals surface area contributed by atoms with Crippen LogP contribution in [-0.4, -0.2) is 10.2 Å². The van der Waals surface area contributed by atoms with Gasteiger partial charge in [0.05, 0.1) is 11.3 Å². The van der Waals surface area contributed by atoms with Gasteiger partial charge in [0.2, 0.25) is 0 Å². The van der Waals surface area contributed by atoms with Crippen LogP contribution in [0.3, 0.4) is 0 Å². The highest BCUT2D eigenvalue weighted by Gasteiger charge is 2.17. The Bertz CT molecular complexity index is 816. The molecule has 0 aliphatic heterocycles. The summed E-state index contributed by atoms with van der Waals surface area (Å²) in [6.07, 6.45) is 0. The second-order valence-corrected chi connectivity index (χ2v) is 5.78. The summed E-state index contributed by atoms with van der Waals surface area (Å²) in [7, 11) is 0. The molecule has 3 rings (SSSR count). The van der Waals surface area contributed by atoms with Crippen LogP contribution in [0, 0.1) is 5.82 Å². The van der Waals surface area contributed by atoms with Gasteiger partial charge in [0.1, 0.15) is 5.82 Å². The number of nitrogens with one attached hydrogen (secondary N) is 1. The number of nitrogen functional groups attached to an aromatic ring is 1. The molecule has 0 saturated carbocycles. The predicted octanol–water partition coefficient (Wildman–Crippen LogP) is 4.88. The second-order valence-electron chi connectivity index (χ2n) is 4.49. The van der Waals surface area contributed by atoms with E-state index in [2.05, 4.69) is 26.1 Å². The number of hydrogen-bond donors (Lipinski definition) is 2. The van der Waals surface area contributed by atoms with E-state index in [0.29, 0.717) is 27.7 Å². The van der Waals surface area contributed by atoms with Gasteiger partial charge in [-0.1, -0.05) is 39.7 Å². The molecule has 0 atom stereocenters. The quantitative estimate of drug-likeness (QED) is 0.679. The van der Waals surface area contributed by atoms with Crippen LogP contribution in [0.1, 0.15) is 0 Å². The number of halogens is 3. The van der Waals surface area contributed by atoms with E-state index in [0.717, 1.165) is 10.0 Å². The van der Waals surface area contributed by atoms with E-state index in [4.69, 9.17) is 17.3 Å². The van der Waals surface area contributed by atoms with Crippen molar-refractivity contribution >= 4 is 33.3 Å². The van der Waals surface area contributed by atoms with Crippen LogP contribution in [0.4, 0.5) is 10.2 Å². The number of benzene rings is 2. The van der Waals surface area contributed by atoms with E-state index in [1.54, 1.807) is 24.3 Å². The fourth-order valence-electron chi connectivity index (χ4n) is 2.18. The molecule has 1 heterocycles. The minimum Gasteiger partial charge on any atom is -0.382 e. The van der Waals surface area contributed by atoms with Crippen LogP contribution in [0.25, 0.3) is 22.4 Å². The zero-order valence-corrected chi connectivity index (χ0v) is 13.0. The van der Waals surface area contributed by atoms with Crippen LogP contribution in [0.5, 0.6) is 0 Å². The predicted molar refractivity (Wildman–Crippen MR) is 86.5 cm³/mol. The Morgan fingerprint density at radius 1 is 1.19 bits per heavy atom. The smallest absolute Gasteiger partial charge is 0.153 e. The number of aromatic nitrogens is 2. The van der Waals surface area contributed by atoms with E-state index in [9.17, 15) is 4.39 Å². The van der Waals surface area contributed by atoms with Gasteiger partial charge in [-0.3, -0.25) is 5.10 Å². The molecule has 0 aliphatic carbocycles. The number of nitrogens with two attached hydrogens (primary N) is 1. The van der Waals surface area contributed by atoms with Crippen molar-refractivity contribution < 1.29 is 4.39 Å². The first-order valence-corrected chi connectivity index (χ1v) is 7.28. The monoisotopic (exact) mass is 365 g/mol. The van der Waals surface area contributed by atoms with E-state index in [-0.39, 0.29) is 5.82 Å². The topological polar surface area (TPSA) is 54.7 Å². The van der Waals surface area contributed by atoms with Crippen molar-refractivity contribution in [3.8, 4) is 22.4 Å². The molecule has 0 spiro atoms. The molecule has 21 heavy (non-hydrogen) atoms. The molecular weight excluding hydrogens is 357 g/mol. The first kappa shape index (κ1) is 14.1. The van der Waals surface area contributed by atoms with Gasteiger partial charge < -0.3 is 5.73 Å². The van der Waals surface area contributed by atoms with E-state index in [1.807, 2.05) is 6.07 Å². The van der Waals surface area contributed by atoms with Gasteiger partial charge >= 0.3 is 0 Å². The Kier molecular flexibility index (Phi) is 3.69. The molecule has 0 fully saturated rings. The van der Waals surface area contributed by atoms with Crippen LogP contribution in [-0.2, 0) is 0 Å². The molecule has 0 amide bonds. The third-order valence-corrected chi connectivity index (χ3v) is 4.03. The summed E-state index contributed by atoms with van der Waals surface area (Å²) in [6, 6.07) is 11.6. The summed E-state index contributed by atoms with van der Waals surface area (Å²) < 4.78 is 14.3. The van der Waals surface area contributed by atoms with Crippen molar-refractivity contribution in [2.45, 2.75) is 0 Å². The van der Waals surface area contributed by atoms with Crippen LogP contribution < -0.4 is 5.73 Å². The Balaban J connectivity index is 2.24. The van der Waals surface area contributed by atoms with Gasteiger partial charge in [-0.2, -0.15) is 5.10 Å². The maximum atomic E-state index is 13.5. The van der Waals surface area contributed by atoms with Gasteiger partial charge in [-0.25, -0.2) is 4.39 Å². The molecule has 0 unspecified atom stereocenters. The fourth-order valence-corrected chi connectivity index (χ4v) is 2.79. The van der Waals surface area contributed by atoms with E-state index in [1.165, 1.54) is 12.1 Å². The number of rotatable bonds is 2. The summed E-state index contributed by atoms with van der Waals surface area (Å²) in [6.45, 7) is 0. The van der Waals surface area contributed by atoms with Crippen LogP contribution >= 0.6 is 27.5 Å². The maximum Gasteiger partial charge on any atom is 0.153 e. The molecule has 1 aromatic heterocycles. The fraction of sp³-hybridized carbons (Fsp3) is 0. The number of aromatic amines is 1. The highest BCUT2D eigenvalue weighted by Crippen LogP contribution is 2.38. The molecule has 0 bridgehead atoms. The zero-order chi connectivity index (χ0) is 15.0. The number of H-pyrrole nitrogens is 1. The molecule has 2 aromatic carbocycles. The second kappa shape index (κ2) is 5.50. The summed E-state index contributed by atoms with van der Waals surface area (Å²) in [5.41, 5.74) is 8.74. The van der Waals surface area contributed by atoms with E-state index >= 15 is 0 Å². The minimum absolute atomic E-state index is 0.308. The molecule has 106 valence electrons. The van der Waals surface area contributed by atoms with Crippen LogP contribution in [0.15, 0.2) is 46.9 Å². The number of anilines is 1. The SMILES string of the molecule is Nc1n[nH]c(-c2cc(Cl)ccc2Br)c1-c1cccc(F)c1. The summed E-state index contributed by atoms with van der Waals surface area (Å²) >= 11 is 9.53. The van der Waals surface area contributed by atoms with Crippen molar-refractivity contribution in [1.82, 2.24) is 10.2 Å². The lowest BCUT2D eigenvalue weighted by Crippen LogP contribution is -1.90. The number of hydrogen-bond acceptors (Lipinski definition) is 2. The van der Waals surface area contributed by atoms with Crippen molar-refractivity contribution in [3.63, 3.8) is 0 Å². The average Bonchev–Trinajstić information content (AvgIpc) is 2.83. The molecule has 0 saturated heterocycles. The molecule has 3 nitrogen and oxygen atoms in total. The van der Waals surface area contributed by atoms with Gasteiger partial charge in [0.25, 0.3) is 0 Å². The molecule has 3 N–H and O–H groups in total. The Morgan fingerprint density at radius 2 is 2.00 bits per heavy atom. The van der Waals surface area contributed by atoms with Gasteiger partial charge in [0, 0.05) is 15.1 Å². The molecule has 0 aliphatic rings. The first-order valence-electron chi connectivity index (χ1n) is 6.11. The third-order valence-electron chi connectivity index (χ3n) is 3.11. The number of nitrogens with zero attached hydrogens (tertiary/aromatic N) is 1. The lowest BCUT2D eigenvalue weighted by atomic mass is 10.0. The summed E-state index contributed by atoms with van der Waals surface area (Å²) in [5.74, 6) is -0.0216. The minimum atomic E-state index is -0.329. The lowest BCUT2D eigenvalue weighted by molar-refractivity contribution is 0.628. The zero-order valence-electron chi connectivity index (χ0n) is 10.7. The third kappa shape index (κ3) is 2.66. The Labute approximate surface area is 134 Å². The van der Waals surface area contributed by atoms with Crippen molar-refractivity contribution in [1.29, 1.82) is 0 Å². The maximum absolute atomic E-state index is 13.5.